The van der Waals surface area contributed by atoms with Crippen LogP contribution in [0.2, 0.25) is 0 Å². The third-order valence-electron chi connectivity index (χ3n) is 4.80. The molecule has 0 spiro atoms. The summed E-state index contributed by atoms with van der Waals surface area (Å²) in [4.78, 5) is 7.56. The van der Waals surface area contributed by atoms with Crippen LogP contribution in [0.5, 0.6) is 0 Å². The van der Waals surface area contributed by atoms with E-state index >= 15 is 0 Å². The van der Waals surface area contributed by atoms with Crippen LogP contribution >= 0.6 is 24.0 Å². The summed E-state index contributed by atoms with van der Waals surface area (Å²) in [5.74, 6) is 0.253. The molecule has 3 N–H and O–H groups in total. The zero-order valence-corrected chi connectivity index (χ0v) is 18.9. The Morgan fingerprint density at radius 2 is 2.00 bits per heavy atom. The lowest BCUT2D eigenvalue weighted by atomic mass is 10.1. The minimum atomic E-state index is -0.340. The fraction of sp³-hybridized carbons (Fsp3) is 0.273. The van der Waals surface area contributed by atoms with E-state index < -0.39 is 0 Å². The third-order valence-corrected chi connectivity index (χ3v) is 4.80. The molecule has 0 aliphatic heterocycles. The number of hydrogen-bond donors (Lipinski definition) is 3. The first-order valence-corrected chi connectivity index (χ1v) is 9.37. The van der Waals surface area contributed by atoms with E-state index in [2.05, 4.69) is 51.9 Å². The molecule has 1 heterocycles. The SMILES string of the molecule is CCc1cccc2c(CCNC(=NC)NCc3cc(C#N)ccc3F)c[nH]c12.I. The molecule has 0 aliphatic carbocycles. The molecule has 5 nitrogen and oxygen atoms in total. The highest BCUT2D eigenvalue weighted by molar-refractivity contribution is 14.0. The van der Waals surface area contributed by atoms with Gasteiger partial charge in [-0.05, 0) is 42.2 Å². The number of halogens is 2. The van der Waals surface area contributed by atoms with Crippen molar-refractivity contribution in [2.75, 3.05) is 13.6 Å². The quantitative estimate of drug-likeness (QED) is 0.266. The molecule has 0 saturated carbocycles. The third kappa shape index (κ3) is 5.48. The van der Waals surface area contributed by atoms with E-state index in [1.54, 1.807) is 13.1 Å². The van der Waals surface area contributed by atoms with Crippen LogP contribution in [0.4, 0.5) is 4.39 Å². The molecule has 2 aromatic carbocycles. The maximum Gasteiger partial charge on any atom is 0.191 e. The number of nitrogens with zero attached hydrogens (tertiary/aromatic N) is 2. The summed E-state index contributed by atoms with van der Waals surface area (Å²) in [6, 6.07) is 12.7. The summed E-state index contributed by atoms with van der Waals surface area (Å²) in [5, 5.41) is 16.6. The van der Waals surface area contributed by atoms with Gasteiger partial charge in [-0.2, -0.15) is 5.26 Å². The van der Waals surface area contributed by atoms with Crippen LogP contribution < -0.4 is 10.6 Å². The van der Waals surface area contributed by atoms with Crippen molar-refractivity contribution in [3.63, 3.8) is 0 Å². The normalized spacial score (nSPS) is 11.0. The topological polar surface area (TPSA) is 76.0 Å². The summed E-state index contributed by atoms with van der Waals surface area (Å²) < 4.78 is 13.9. The molecule has 0 bridgehead atoms. The summed E-state index contributed by atoms with van der Waals surface area (Å²) in [5.41, 5.74) is 4.64. The molecule has 29 heavy (non-hydrogen) atoms. The van der Waals surface area contributed by atoms with E-state index in [4.69, 9.17) is 5.26 Å². The number of guanidine groups is 1. The Balaban J connectivity index is 0.00000300. The zero-order chi connectivity index (χ0) is 19.9. The van der Waals surface area contributed by atoms with Crippen molar-refractivity contribution in [1.82, 2.24) is 15.6 Å². The van der Waals surface area contributed by atoms with E-state index in [9.17, 15) is 4.39 Å². The minimum Gasteiger partial charge on any atom is -0.361 e. The van der Waals surface area contributed by atoms with Gasteiger partial charge in [0.25, 0.3) is 0 Å². The van der Waals surface area contributed by atoms with Gasteiger partial charge in [0, 0.05) is 42.8 Å². The number of para-hydroxylation sites is 1. The number of nitriles is 1. The molecule has 152 valence electrons. The predicted molar refractivity (Wildman–Crippen MR) is 126 cm³/mol. The van der Waals surface area contributed by atoms with Crippen molar-refractivity contribution in [3.05, 3.63) is 70.7 Å². The fourth-order valence-corrected chi connectivity index (χ4v) is 3.27. The van der Waals surface area contributed by atoms with E-state index in [-0.39, 0.29) is 36.3 Å². The maximum atomic E-state index is 13.9. The summed E-state index contributed by atoms with van der Waals surface area (Å²) in [6.45, 7) is 3.11. The Bertz CT molecular complexity index is 1040. The van der Waals surface area contributed by atoms with Crippen LogP contribution in [0.1, 0.15) is 29.2 Å². The Morgan fingerprint density at radius 1 is 1.17 bits per heavy atom. The molecular formula is C22H25FIN5. The second kappa shape index (κ2) is 10.8. The van der Waals surface area contributed by atoms with Gasteiger partial charge in [0.2, 0.25) is 0 Å². The van der Waals surface area contributed by atoms with Gasteiger partial charge < -0.3 is 15.6 Å². The molecule has 3 rings (SSSR count). The monoisotopic (exact) mass is 505 g/mol. The van der Waals surface area contributed by atoms with Gasteiger partial charge in [-0.15, -0.1) is 24.0 Å². The molecule has 7 heteroatoms. The molecule has 0 fully saturated rings. The predicted octanol–water partition coefficient (Wildman–Crippen LogP) is 4.27. The second-order valence-electron chi connectivity index (χ2n) is 6.53. The average molecular weight is 505 g/mol. The van der Waals surface area contributed by atoms with Gasteiger partial charge in [0.05, 0.1) is 11.6 Å². The van der Waals surface area contributed by atoms with E-state index in [0.29, 0.717) is 23.6 Å². The van der Waals surface area contributed by atoms with Crippen LogP contribution in [0.25, 0.3) is 10.9 Å². The number of aliphatic imine (C=N–C) groups is 1. The standard InChI is InChI=1S/C22H24FN5.HI/c1-3-16-5-4-6-19-17(13-27-21(16)19)9-10-26-22(25-2)28-14-18-11-15(12-24)7-8-20(18)23;/h4-8,11,13,27H,3,9-10,14H2,1-2H3,(H2,25,26,28);1H. The van der Waals surface area contributed by atoms with Crippen LogP contribution in [0, 0.1) is 17.1 Å². The van der Waals surface area contributed by atoms with Crippen molar-refractivity contribution in [3.8, 4) is 6.07 Å². The molecule has 0 radical (unpaired) electrons. The van der Waals surface area contributed by atoms with Crippen molar-refractivity contribution >= 4 is 40.8 Å². The Hall–Kier alpha value is -2.60. The van der Waals surface area contributed by atoms with Gasteiger partial charge >= 0.3 is 0 Å². The minimum absolute atomic E-state index is 0. The van der Waals surface area contributed by atoms with E-state index in [0.717, 1.165) is 12.8 Å². The maximum absolute atomic E-state index is 13.9. The van der Waals surface area contributed by atoms with Gasteiger partial charge in [-0.3, -0.25) is 4.99 Å². The lowest BCUT2D eigenvalue weighted by Gasteiger charge is -2.12. The highest BCUT2D eigenvalue weighted by Crippen LogP contribution is 2.22. The van der Waals surface area contributed by atoms with Crippen LogP contribution in [-0.2, 0) is 19.4 Å². The number of aromatic amines is 1. The van der Waals surface area contributed by atoms with Crippen molar-refractivity contribution in [2.24, 2.45) is 4.99 Å². The lowest BCUT2D eigenvalue weighted by molar-refractivity contribution is 0.604. The zero-order valence-electron chi connectivity index (χ0n) is 16.6. The first kappa shape index (κ1) is 22.7. The number of aryl methyl sites for hydroxylation is 1. The number of nitrogens with one attached hydrogen (secondary N) is 3. The molecule has 1 aromatic heterocycles. The number of fused-ring (bicyclic) bond motifs is 1. The number of hydrogen-bond acceptors (Lipinski definition) is 2. The van der Waals surface area contributed by atoms with Gasteiger partial charge in [0.1, 0.15) is 5.82 Å². The summed E-state index contributed by atoms with van der Waals surface area (Å²) in [7, 11) is 1.68. The number of benzene rings is 2. The highest BCUT2D eigenvalue weighted by Gasteiger charge is 2.08. The molecule has 0 unspecified atom stereocenters. The van der Waals surface area contributed by atoms with Crippen molar-refractivity contribution < 1.29 is 4.39 Å². The Morgan fingerprint density at radius 3 is 2.72 bits per heavy atom. The number of rotatable bonds is 6. The van der Waals surface area contributed by atoms with E-state index in [1.807, 2.05) is 6.07 Å². The molecule has 0 saturated heterocycles. The highest BCUT2D eigenvalue weighted by atomic mass is 127. The van der Waals surface area contributed by atoms with Crippen molar-refractivity contribution in [2.45, 2.75) is 26.3 Å². The Labute approximate surface area is 187 Å². The van der Waals surface area contributed by atoms with Crippen LogP contribution in [-0.4, -0.2) is 24.5 Å². The molecule has 0 atom stereocenters. The number of aromatic nitrogens is 1. The second-order valence-corrected chi connectivity index (χ2v) is 6.53. The molecule has 0 aliphatic rings. The molecule has 3 aromatic rings. The first-order valence-electron chi connectivity index (χ1n) is 9.37. The van der Waals surface area contributed by atoms with Gasteiger partial charge in [-0.1, -0.05) is 25.1 Å². The summed E-state index contributed by atoms with van der Waals surface area (Å²) in [6.07, 6.45) is 3.90. The lowest BCUT2D eigenvalue weighted by Crippen LogP contribution is -2.38. The van der Waals surface area contributed by atoms with Crippen LogP contribution in [0.3, 0.4) is 0 Å². The molecular weight excluding hydrogens is 480 g/mol. The van der Waals surface area contributed by atoms with Gasteiger partial charge in [0.15, 0.2) is 5.96 Å². The average Bonchev–Trinajstić information content (AvgIpc) is 3.14. The fourth-order valence-electron chi connectivity index (χ4n) is 3.27. The smallest absolute Gasteiger partial charge is 0.191 e. The first-order chi connectivity index (χ1) is 13.7. The van der Waals surface area contributed by atoms with E-state index in [1.165, 1.54) is 34.2 Å². The van der Waals surface area contributed by atoms with Crippen LogP contribution in [0.15, 0.2) is 47.6 Å². The summed E-state index contributed by atoms with van der Waals surface area (Å²) >= 11 is 0. The molecule has 0 amide bonds. The van der Waals surface area contributed by atoms with Crippen molar-refractivity contribution in [1.29, 1.82) is 5.26 Å². The largest absolute Gasteiger partial charge is 0.361 e. The number of H-pyrrole nitrogens is 1. The Kier molecular flexibility index (Phi) is 8.46. The van der Waals surface area contributed by atoms with Gasteiger partial charge in [-0.25, -0.2) is 4.39 Å².